The molecule has 1 N–H and O–H groups in total. The number of rotatable bonds is 7. The molecule has 1 aromatic rings. The predicted octanol–water partition coefficient (Wildman–Crippen LogP) is 2.52. The molecule has 4 heteroatoms. The van der Waals surface area contributed by atoms with E-state index in [1.54, 1.807) is 19.2 Å². The van der Waals surface area contributed by atoms with Crippen molar-refractivity contribution in [3.8, 4) is 5.75 Å². The quantitative estimate of drug-likeness (QED) is 0.744. The number of hydrogen-bond donors (Lipinski definition) is 1. The molecule has 0 fully saturated rings. The van der Waals surface area contributed by atoms with Gasteiger partial charge < -0.3 is 14.8 Å². The Hall–Kier alpha value is -1.13. The van der Waals surface area contributed by atoms with E-state index in [4.69, 9.17) is 9.47 Å². The zero-order chi connectivity index (χ0) is 12.7. The van der Waals surface area contributed by atoms with Gasteiger partial charge in [0.2, 0.25) is 0 Å². The number of hydrogen-bond acceptors (Lipinski definition) is 3. The molecule has 17 heavy (non-hydrogen) atoms. The van der Waals surface area contributed by atoms with Crippen molar-refractivity contribution in [2.75, 3.05) is 26.9 Å². The highest BCUT2D eigenvalue weighted by molar-refractivity contribution is 5.36. The van der Waals surface area contributed by atoms with E-state index in [-0.39, 0.29) is 11.9 Å². The molecule has 0 aliphatic carbocycles. The van der Waals surface area contributed by atoms with E-state index in [9.17, 15) is 4.39 Å². The topological polar surface area (TPSA) is 30.5 Å². The van der Waals surface area contributed by atoms with Crippen LogP contribution >= 0.6 is 0 Å². The molecule has 0 heterocycles. The van der Waals surface area contributed by atoms with Crippen LogP contribution < -0.4 is 10.1 Å². The zero-order valence-corrected chi connectivity index (χ0v) is 10.6. The van der Waals surface area contributed by atoms with Crippen LogP contribution in [0.5, 0.6) is 5.75 Å². The Bertz CT molecular complexity index is 344. The molecule has 96 valence electrons. The summed E-state index contributed by atoms with van der Waals surface area (Å²) in [5, 5.41) is 3.20. The molecule has 0 amide bonds. The van der Waals surface area contributed by atoms with E-state index in [1.807, 2.05) is 13.8 Å². The molecule has 0 aliphatic heterocycles. The van der Waals surface area contributed by atoms with Gasteiger partial charge in [-0.1, -0.05) is 6.07 Å². The zero-order valence-electron chi connectivity index (χ0n) is 10.6. The molecule has 1 aromatic carbocycles. The fraction of sp³-hybridized carbons (Fsp3) is 0.538. The van der Waals surface area contributed by atoms with Crippen LogP contribution in [0.4, 0.5) is 4.39 Å². The Morgan fingerprint density at radius 2 is 2.18 bits per heavy atom. The molecule has 0 aliphatic rings. The summed E-state index contributed by atoms with van der Waals surface area (Å²) in [6.45, 7) is 5.86. The summed E-state index contributed by atoms with van der Waals surface area (Å²) in [7, 11) is 1.55. The van der Waals surface area contributed by atoms with Crippen LogP contribution in [0.15, 0.2) is 18.2 Å². The lowest BCUT2D eigenvalue weighted by atomic mass is 10.1. The van der Waals surface area contributed by atoms with Crippen molar-refractivity contribution >= 4 is 0 Å². The third-order valence-electron chi connectivity index (χ3n) is 2.57. The summed E-state index contributed by atoms with van der Waals surface area (Å²) in [4.78, 5) is 0. The van der Waals surface area contributed by atoms with E-state index in [0.717, 1.165) is 0 Å². The first-order chi connectivity index (χ1) is 8.20. The number of benzene rings is 1. The van der Waals surface area contributed by atoms with Crippen molar-refractivity contribution in [2.45, 2.75) is 19.9 Å². The highest BCUT2D eigenvalue weighted by Crippen LogP contribution is 2.27. The van der Waals surface area contributed by atoms with Gasteiger partial charge in [0.15, 0.2) is 0 Å². The SMILES string of the molecule is CCOCCNC(C)c1c(F)cccc1OC. The van der Waals surface area contributed by atoms with Gasteiger partial charge in [-0.05, 0) is 26.0 Å². The molecule has 0 saturated carbocycles. The van der Waals surface area contributed by atoms with Gasteiger partial charge >= 0.3 is 0 Å². The smallest absolute Gasteiger partial charge is 0.131 e. The lowest BCUT2D eigenvalue weighted by Crippen LogP contribution is -2.24. The van der Waals surface area contributed by atoms with Crippen LogP contribution in [0.2, 0.25) is 0 Å². The molecule has 0 spiro atoms. The van der Waals surface area contributed by atoms with Gasteiger partial charge in [-0.25, -0.2) is 4.39 Å². The van der Waals surface area contributed by atoms with Gasteiger partial charge in [-0.3, -0.25) is 0 Å². The largest absolute Gasteiger partial charge is 0.496 e. The lowest BCUT2D eigenvalue weighted by Gasteiger charge is -2.17. The Kier molecular flexibility index (Phi) is 5.94. The second-order valence-corrected chi connectivity index (χ2v) is 3.73. The average molecular weight is 241 g/mol. The minimum absolute atomic E-state index is 0.105. The molecule has 0 aromatic heterocycles. The Morgan fingerprint density at radius 1 is 1.41 bits per heavy atom. The monoisotopic (exact) mass is 241 g/mol. The van der Waals surface area contributed by atoms with Crippen molar-refractivity contribution < 1.29 is 13.9 Å². The summed E-state index contributed by atoms with van der Waals surface area (Å²) in [5.41, 5.74) is 0.562. The number of ether oxygens (including phenoxy) is 2. The molecule has 1 rings (SSSR count). The Morgan fingerprint density at radius 3 is 2.82 bits per heavy atom. The minimum atomic E-state index is -0.249. The first kappa shape index (κ1) is 13.9. The Labute approximate surface area is 102 Å². The van der Waals surface area contributed by atoms with Gasteiger partial charge in [-0.2, -0.15) is 0 Å². The Balaban J connectivity index is 2.64. The average Bonchev–Trinajstić information content (AvgIpc) is 2.34. The molecule has 0 radical (unpaired) electrons. The normalized spacial score (nSPS) is 12.5. The highest BCUT2D eigenvalue weighted by atomic mass is 19.1. The maximum absolute atomic E-state index is 13.7. The molecule has 0 saturated heterocycles. The summed E-state index contributed by atoms with van der Waals surface area (Å²) in [6, 6.07) is 4.74. The van der Waals surface area contributed by atoms with Gasteiger partial charge in [-0.15, -0.1) is 0 Å². The molecule has 1 atom stereocenters. The molecule has 3 nitrogen and oxygen atoms in total. The van der Waals surface area contributed by atoms with Crippen LogP contribution in [0.3, 0.4) is 0 Å². The summed E-state index contributed by atoms with van der Waals surface area (Å²) < 4.78 is 24.1. The predicted molar refractivity (Wildman–Crippen MR) is 65.9 cm³/mol. The summed E-state index contributed by atoms with van der Waals surface area (Å²) in [6.07, 6.45) is 0. The van der Waals surface area contributed by atoms with Crippen molar-refractivity contribution in [1.82, 2.24) is 5.32 Å². The van der Waals surface area contributed by atoms with Crippen molar-refractivity contribution in [3.05, 3.63) is 29.6 Å². The minimum Gasteiger partial charge on any atom is -0.496 e. The molecular formula is C13H20FNO2. The standard InChI is InChI=1S/C13H20FNO2/c1-4-17-9-8-15-10(2)13-11(14)6-5-7-12(13)16-3/h5-7,10,15H,4,8-9H2,1-3H3. The van der Waals surface area contributed by atoms with E-state index in [0.29, 0.717) is 31.1 Å². The fourth-order valence-corrected chi connectivity index (χ4v) is 1.71. The molecule has 0 bridgehead atoms. The van der Waals surface area contributed by atoms with E-state index >= 15 is 0 Å². The van der Waals surface area contributed by atoms with Gasteiger partial charge in [0.25, 0.3) is 0 Å². The maximum atomic E-state index is 13.7. The first-order valence-corrected chi connectivity index (χ1v) is 5.84. The highest BCUT2D eigenvalue weighted by Gasteiger charge is 2.15. The maximum Gasteiger partial charge on any atom is 0.131 e. The van der Waals surface area contributed by atoms with Crippen molar-refractivity contribution in [3.63, 3.8) is 0 Å². The van der Waals surface area contributed by atoms with E-state index < -0.39 is 0 Å². The lowest BCUT2D eigenvalue weighted by molar-refractivity contribution is 0.147. The van der Waals surface area contributed by atoms with Gasteiger partial charge in [0.05, 0.1) is 13.7 Å². The number of nitrogens with one attached hydrogen (secondary N) is 1. The molecular weight excluding hydrogens is 221 g/mol. The summed E-state index contributed by atoms with van der Waals surface area (Å²) >= 11 is 0. The molecule has 1 unspecified atom stereocenters. The van der Waals surface area contributed by atoms with Crippen molar-refractivity contribution in [2.24, 2.45) is 0 Å². The summed E-state index contributed by atoms with van der Waals surface area (Å²) in [5.74, 6) is 0.321. The van der Waals surface area contributed by atoms with E-state index in [1.165, 1.54) is 6.07 Å². The van der Waals surface area contributed by atoms with Gasteiger partial charge in [0, 0.05) is 24.8 Å². The third-order valence-corrected chi connectivity index (χ3v) is 2.57. The first-order valence-electron chi connectivity index (χ1n) is 5.84. The van der Waals surface area contributed by atoms with Crippen LogP contribution in [0, 0.1) is 5.82 Å². The van der Waals surface area contributed by atoms with Crippen LogP contribution in [0.25, 0.3) is 0 Å². The second kappa shape index (κ2) is 7.25. The van der Waals surface area contributed by atoms with Gasteiger partial charge in [0.1, 0.15) is 11.6 Å². The van der Waals surface area contributed by atoms with Crippen LogP contribution in [0.1, 0.15) is 25.5 Å². The number of methoxy groups -OCH3 is 1. The van der Waals surface area contributed by atoms with Crippen LogP contribution in [-0.4, -0.2) is 26.9 Å². The fourth-order valence-electron chi connectivity index (χ4n) is 1.71. The van der Waals surface area contributed by atoms with E-state index in [2.05, 4.69) is 5.32 Å². The third kappa shape index (κ3) is 3.98. The number of halogens is 1. The second-order valence-electron chi connectivity index (χ2n) is 3.73. The van der Waals surface area contributed by atoms with Crippen molar-refractivity contribution in [1.29, 1.82) is 0 Å². The van der Waals surface area contributed by atoms with Crippen LogP contribution in [-0.2, 0) is 4.74 Å².